The zero-order valence-corrected chi connectivity index (χ0v) is 11.1. The van der Waals surface area contributed by atoms with Crippen molar-refractivity contribution in [3.05, 3.63) is 13.3 Å². The lowest BCUT2D eigenvalue weighted by atomic mass is 9.85. The Hall–Kier alpha value is 0. The van der Waals surface area contributed by atoms with Gasteiger partial charge in [-0.25, -0.2) is 0 Å². The van der Waals surface area contributed by atoms with Gasteiger partial charge >= 0.3 is 0 Å². The van der Waals surface area contributed by atoms with Gasteiger partial charge in [-0.15, -0.1) is 0 Å². The summed E-state index contributed by atoms with van der Waals surface area (Å²) in [7, 11) is 0. The number of hydrogen-bond donors (Lipinski definition) is 0. The standard InChI is InChI=1S/C16H30/c1-2-3-4-5-6-7-8-10-13-16-14-11-9-12-15-16/h13,16H,1-12,14-15H2. The number of hydrogen-bond acceptors (Lipinski definition) is 0. The van der Waals surface area contributed by atoms with Crippen molar-refractivity contribution in [2.75, 3.05) is 0 Å². The lowest BCUT2D eigenvalue weighted by Gasteiger charge is -2.20. The molecule has 0 saturated heterocycles. The van der Waals surface area contributed by atoms with Crippen LogP contribution in [0.25, 0.3) is 0 Å². The Labute approximate surface area is 103 Å². The Morgan fingerprint density at radius 3 is 2.12 bits per heavy atom. The second-order valence-electron chi connectivity index (χ2n) is 5.40. The zero-order chi connectivity index (χ0) is 11.5. The predicted molar refractivity (Wildman–Crippen MR) is 73.2 cm³/mol. The minimum Gasteiger partial charge on any atom is -0.0533 e. The first-order valence-corrected chi connectivity index (χ1v) is 7.56. The molecule has 2 radical (unpaired) electrons. The summed E-state index contributed by atoms with van der Waals surface area (Å²) < 4.78 is 0. The molecule has 1 aliphatic rings. The second kappa shape index (κ2) is 10.2. The van der Waals surface area contributed by atoms with E-state index in [-0.39, 0.29) is 0 Å². The predicted octanol–water partition coefficient (Wildman–Crippen LogP) is 5.73. The molecule has 0 spiro atoms. The van der Waals surface area contributed by atoms with Crippen molar-refractivity contribution in [1.82, 2.24) is 0 Å². The maximum atomic E-state index is 3.88. The van der Waals surface area contributed by atoms with Gasteiger partial charge in [-0.1, -0.05) is 84.0 Å². The molecular formula is C16H30. The summed E-state index contributed by atoms with van der Waals surface area (Å²) in [6.45, 7) is 3.88. The molecule has 1 fully saturated rings. The topological polar surface area (TPSA) is 0 Å². The molecule has 0 aromatic carbocycles. The molecule has 0 nitrogen and oxygen atoms in total. The largest absolute Gasteiger partial charge is 0.0533 e. The lowest BCUT2D eigenvalue weighted by Crippen LogP contribution is -2.06. The van der Waals surface area contributed by atoms with Crippen molar-refractivity contribution in [2.24, 2.45) is 5.92 Å². The molecule has 0 unspecified atom stereocenters. The van der Waals surface area contributed by atoms with Crippen LogP contribution < -0.4 is 0 Å². The molecule has 0 aliphatic heterocycles. The Kier molecular flexibility index (Phi) is 8.94. The summed E-state index contributed by atoms with van der Waals surface area (Å²) in [5.41, 5.74) is 0. The van der Waals surface area contributed by atoms with Crippen molar-refractivity contribution in [2.45, 2.75) is 83.5 Å². The van der Waals surface area contributed by atoms with E-state index in [9.17, 15) is 0 Å². The molecule has 1 aliphatic carbocycles. The highest BCUT2D eigenvalue weighted by molar-refractivity contribution is 4.78. The second-order valence-corrected chi connectivity index (χ2v) is 5.40. The smallest absolute Gasteiger partial charge is 0.0355 e. The van der Waals surface area contributed by atoms with Gasteiger partial charge in [0.25, 0.3) is 0 Å². The minimum absolute atomic E-state index is 0.972. The lowest BCUT2D eigenvalue weighted by molar-refractivity contribution is 0.387. The van der Waals surface area contributed by atoms with Crippen LogP contribution in [0.1, 0.15) is 83.5 Å². The molecule has 94 valence electrons. The van der Waals surface area contributed by atoms with Crippen LogP contribution in [0, 0.1) is 19.3 Å². The van der Waals surface area contributed by atoms with Crippen LogP contribution in [-0.2, 0) is 0 Å². The van der Waals surface area contributed by atoms with Gasteiger partial charge in [0.1, 0.15) is 0 Å². The third-order valence-corrected chi connectivity index (χ3v) is 3.85. The molecule has 1 saturated carbocycles. The fourth-order valence-electron chi connectivity index (χ4n) is 2.75. The monoisotopic (exact) mass is 222 g/mol. The van der Waals surface area contributed by atoms with E-state index in [1.54, 1.807) is 0 Å². The van der Waals surface area contributed by atoms with Crippen molar-refractivity contribution < 1.29 is 0 Å². The Bertz CT molecular complexity index is 133. The van der Waals surface area contributed by atoms with Crippen LogP contribution in [0.5, 0.6) is 0 Å². The third-order valence-electron chi connectivity index (χ3n) is 3.85. The van der Waals surface area contributed by atoms with E-state index in [4.69, 9.17) is 0 Å². The summed E-state index contributed by atoms with van der Waals surface area (Å²) >= 11 is 0. The fraction of sp³-hybridized carbons (Fsp3) is 0.875. The summed E-state index contributed by atoms with van der Waals surface area (Å²) in [6, 6.07) is 0. The Balaban J connectivity index is 1.77. The highest BCUT2D eigenvalue weighted by atomic mass is 14.2. The minimum atomic E-state index is 0.972. The average molecular weight is 222 g/mol. The summed E-state index contributed by atoms with van der Waals surface area (Å²) in [5.74, 6) is 0.972. The quantitative estimate of drug-likeness (QED) is 0.437. The van der Waals surface area contributed by atoms with Crippen LogP contribution in [0.2, 0.25) is 0 Å². The average Bonchev–Trinajstić information content (AvgIpc) is 2.34. The van der Waals surface area contributed by atoms with Gasteiger partial charge in [0.2, 0.25) is 0 Å². The number of unbranched alkanes of at least 4 members (excludes halogenated alkanes) is 7. The number of rotatable bonds is 9. The van der Waals surface area contributed by atoms with Gasteiger partial charge in [-0.3, -0.25) is 0 Å². The van der Waals surface area contributed by atoms with Crippen molar-refractivity contribution in [3.8, 4) is 0 Å². The first-order valence-electron chi connectivity index (χ1n) is 7.56. The van der Waals surface area contributed by atoms with Crippen molar-refractivity contribution >= 4 is 0 Å². The van der Waals surface area contributed by atoms with Gasteiger partial charge in [0.15, 0.2) is 0 Å². The van der Waals surface area contributed by atoms with Crippen molar-refractivity contribution in [1.29, 1.82) is 0 Å². The van der Waals surface area contributed by atoms with Gasteiger partial charge in [0, 0.05) is 0 Å². The van der Waals surface area contributed by atoms with Crippen LogP contribution in [0.15, 0.2) is 0 Å². The Morgan fingerprint density at radius 1 is 0.812 bits per heavy atom. The van der Waals surface area contributed by atoms with Crippen LogP contribution >= 0.6 is 0 Å². The summed E-state index contributed by atoms with van der Waals surface area (Å²) in [5, 5.41) is 0. The van der Waals surface area contributed by atoms with E-state index in [0.717, 1.165) is 12.3 Å². The third kappa shape index (κ3) is 7.30. The SMILES string of the molecule is [CH2]CCCCCCCC[CH]C1CCCCC1. The van der Waals surface area contributed by atoms with E-state index in [0.29, 0.717) is 0 Å². The van der Waals surface area contributed by atoms with Crippen LogP contribution in [-0.4, -0.2) is 0 Å². The zero-order valence-electron chi connectivity index (χ0n) is 11.1. The van der Waals surface area contributed by atoms with E-state index < -0.39 is 0 Å². The maximum absolute atomic E-state index is 3.88. The molecular weight excluding hydrogens is 192 g/mol. The summed E-state index contributed by atoms with van der Waals surface area (Å²) in [6.07, 6.45) is 21.0. The van der Waals surface area contributed by atoms with E-state index in [1.807, 2.05) is 0 Å². The van der Waals surface area contributed by atoms with Crippen LogP contribution in [0.4, 0.5) is 0 Å². The van der Waals surface area contributed by atoms with Gasteiger partial charge in [0.05, 0.1) is 0 Å². The molecule has 0 atom stereocenters. The van der Waals surface area contributed by atoms with Crippen molar-refractivity contribution in [3.63, 3.8) is 0 Å². The normalized spacial score (nSPS) is 17.8. The highest BCUT2D eigenvalue weighted by Crippen LogP contribution is 2.27. The van der Waals surface area contributed by atoms with E-state index >= 15 is 0 Å². The molecule has 0 N–H and O–H groups in total. The molecule has 0 amide bonds. The van der Waals surface area contributed by atoms with Gasteiger partial charge < -0.3 is 0 Å². The fourth-order valence-corrected chi connectivity index (χ4v) is 2.75. The van der Waals surface area contributed by atoms with Gasteiger partial charge in [-0.2, -0.15) is 0 Å². The van der Waals surface area contributed by atoms with E-state index in [2.05, 4.69) is 13.3 Å². The summed E-state index contributed by atoms with van der Waals surface area (Å²) in [4.78, 5) is 0. The molecule has 0 bridgehead atoms. The molecule has 16 heavy (non-hydrogen) atoms. The molecule has 0 aromatic heterocycles. The van der Waals surface area contributed by atoms with E-state index in [1.165, 1.54) is 77.0 Å². The first-order chi connectivity index (χ1) is 7.93. The maximum Gasteiger partial charge on any atom is -0.0355 e. The molecule has 1 rings (SSSR count). The molecule has 0 aromatic rings. The van der Waals surface area contributed by atoms with Crippen LogP contribution in [0.3, 0.4) is 0 Å². The molecule has 0 heterocycles. The van der Waals surface area contributed by atoms with Gasteiger partial charge in [-0.05, 0) is 18.8 Å². The Morgan fingerprint density at radius 2 is 1.44 bits per heavy atom. The highest BCUT2D eigenvalue weighted by Gasteiger charge is 2.12. The molecule has 0 heteroatoms. The first kappa shape index (κ1) is 14.1.